The van der Waals surface area contributed by atoms with Crippen LogP contribution in [0.25, 0.3) is 11.3 Å². The van der Waals surface area contributed by atoms with Gasteiger partial charge < -0.3 is 10.1 Å². The summed E-state index contributed by atoms with van der Waals surface area (Å²) in [4.78, 5) is 11.9. The highest BCUT2D eigenvalue weighted by Gasteiger charge is 2.16. The Morgan fingerprint density at radius 3 is 2.84 bits per heavy atom. The van der Waals surface area contributed by atoms with Crippen molar-refractivity contribution in [2.45, 2.75) is 37.8 Å². The number of rotatable bonds is 6. The van der Waals surface area contributed by atoms with Gasteiger partial charge in [-0.3, -0.25) is 4.79 Å². The number of amides is 1. The molecule has 3 rings (SSSR count). The lowest BCUT2D eigenvalue weighted by atomic mass is 10.0. The van der Waals surface area contributed by atoms with Gasteiger partial charge in [0.2, 0.25) is 5.91 Å². The molecule has 1 saturated heterocycles. The molecule has 5 nitrogen and oxygen atoms in total. The van der Waals surface area contributed by atoms with Crippen molar-refractivity contribution in [2.24, 2.45) is 0 Å². The molecule has 1 atom stereocenters. The lowest BCUT2D eigenvalue weighted by Crippen LogP contribution is -2.32. The summed E-state index contributed by atoms with van der Waals surface area (Å²) in [5.74, 6) is 0.338. The van der Waals surface area contributed by atoms with E-state index in [1.54, 1.807) is 0 Å². The average molecular weight is 357 g/mol. The molecule has 2 aromatic rings. The van der Waals surface area contributed by atoms with Gasteiger partial charge in [0.25, 0.3) is 0 Å². The minimum atomic E-state index is 0.000700. The number of aryl methyl sites for hydroxylation is 2. The van der Waals surface area contributed by atoms with Gasteiger partial charge in [0.05, 0.1) is 17.6 Å². The minimum Gasteiger partial charge on any atom is -0.376 e. The van der Waals surface area contributed by atoms with Crippen molar-refractivity contribution < 1.29 is 9.53 Å². The van der Waals surface area contributed by atoms with E-state index in [0.29, 0.717) is 12.3 Å². The van der Waals surface area contributed by atoms with Gasteiger partial charge in [0, 0.05) is 18.7 Å². The summed E-state index contributed by atoms with van der Waals surface area (Å²) in [5, 5.41) is 12.2. The zero-order chi connectivity index (χ0) is 17.6. The second-order valence-electron chi connectivity index (χ2n) is 6.30. The molecule has 1 N–H and O–H groups in total. The quantitative estimate of drug-likeness (QED) is 0.805. The topological polar surface area (TPSA) is 64.1 Å². The maximum atomic E-state index is 11.9. The number of ether oxygens (including phenoxy) is 1. The van der Waals surface area contributed by atoms with E-state index in [1.165, 1.54) is 22.9 Å². The van der Waals surface area contributed by atoms with Crippen LogP contribution >= 0.6 is 11.8 Å². The van der Waals surface area contributed by atoms with Crippen LogP contribution in [-0.4, -0.2) is 41.1 Å². The fraction of sp³-hybridized carbons (Fsp3) is 0.421. The third kappa shape index (κ3) is 5.03. The molecule has 132 valence electrons. The Bertz CT molecular complexity index is 728. The Morgan fingerprint density at radius 1 is 1.28 bits per heavy atom. The summed E-state index contributed by atoms with van der Waals surface area (Å²) in [7, 11) is 0. The van der Waals surface area contributed by atoms with Crippen LogP contribution in [0.15, 0.2) is 35.4 Å². The van der Waals surface area contributed by atoms with Crippen LogP contribution in [0.5, 0.6) is 0 Å². The number of hydrogen-bond donors (Lipinski definition) is 1. The molecular formula is C19H23N3O2S. The van der Waals surface area contributed by atoms with Crippen LogP contribution in [0.1, 0.15) is 24.0 Å². The van der Waals surface area contributed by atoms with Crippen molar-refractivity contribution in [2.75, 3.05) is 18.9 Å². The van der Waals surface area contributed by atoms with Gasteiger partial charge in [0.1, 0.15) is 5.03 Å². The van der Waals surface area contributed by atoms with Crippen LogP contribution in [0.4, 0.5) is 0 Å². The molecule has 1 fully saturated rings. The minimum absolute atomic E-state index is 0.000700. The third-order valence-electron chi connectivity index (χ3n) is 4.20. The molecule has 0 spiro atoms. The second-order valence-corrected chi connectivity index (χ2v) is 7.30. The van der Waals surface area contributed by atoms with Crippen molar-refractivity contribution >= 4 is 17.7 Å². The van der Waals surface area contributed by atoms with Crippen LogP contribution in [-0.2, 0) is 9.53 Å². The van der Waals surface area contributed by atoms with Gasteiger partial charge in [-0.15, -0.1) is 10.2 Å². The van der Waals surface area contributed by atoms with Gasteiger partial charge in [0.15, 0.2) is 0 Å². The number of thioether (sulfide) groups is 1. The standard InChI is InChI=1S/C19H23N3O2S/c1-13-5-6-16(14(2)10-13)17-7-8-19(22-21-17)25-12-18(23)20-11-15-4-3-9-24-15/h5-8,10,15H,3-4,9,11-12H2,1-2H3,(H,20,23). The van der Waals surface area contributed by atoms with Gasteiger partial charge in [-0.1, -0.05) is 35.5 Å². The van der Waals surface area contributed by atoms with E-state index in [4.69, 9.17) is 4.74 Å². The van der Waals surface area contributed by atoms with Crippen molar-refractivity contribution in [1.82, 2.24) is 15.5 Å². The molecule has 1 unspecified atom stereocenters. The molecule has 1 aromatic carbocycles. The predicted octanol–water partition coefficient (Wildman–Crippen LogP) is 3.15. The number of carbonyl (C=O) groups excluding carboxylic acids is 1. The van der Waals surface area contributed by atoms with E-state index in [-0.39, 0.29) is 12.0 Å². The fourth-order valence-electron chi connectivity index (χ4n) is 2.87. The number of benzene rings is 1. The molecule has 0 aliphatic carbocycles. The Kier molecular flexibility index (Phi) is 6.04. The first-order valence-corrected chi connectivity index (χ1v) is 9.53. The molecule has 25 heavy (non-hydrogen) atoms. The third-order valence-corrected chi connectivity index (χ3v) is 5.12. The molecule has 6 heteroatoms. The molecule has 1 aromatic heterocycles. The van der Waals surface area contributed by atoms with Gasteiger partial charge >= 0.3 is 0 Å². The van der Waals surface area contributed by atoms with Crippen molar-refractivity contribution in [1.29, 1.82) is 0 Å². The molecule has 1 aliphatic heterocycles. The molecule has 0 saturated carbocycles. The largest absolute Gasteiger partial charge is 0.376 e. The number of nitrogens with one attached hydrogen (secondary N) is 1. The summed E-state index contributed by atoms with van der Waals surface area (Å²) < 4.78 is 5.49. The lowest BCUT2D eigenvalue weighted by Gasteiger charge is -2.10. The first-order chi connectivity index (χ1) is 12.1. The maximum absolute atomic E-state index is 11.9. The van der Waals surface area contributed by atoms with Crippen LogP contribution in [0.2, 0.25) is 0 Å². The second kappa shape index (κ2) is 8.45. The monoisotopic (exact) mass is 357 g/mol. The normalized spacial score (nSPS) is 16.8. The zero-order valence-electron chi connectivity index (χ0n) is 14.6. The molecule has 0 bridgehead atoms. The van der Waals surface area contributed by atoms with E-state index < -0.39 is 0 Å². The highest BCUT2D eigenvalue weighted by molar-refractivity contribution is 7.99. The first kappa shape index (κ1) is 17.9. The summed E-state index contributed by atoms with van der Waals surface area (Å²) >= 11 is 1.40. The number of hydrogen-bond acceptors (Lipinski definition) is 5. The van der Waals surface area contributed by atoms with Crippen LogP contribution in [0.3, 0.4) is 0 Å². The molecular weight excluding hydrogens is 334 g/mol. The van der Waals surface area contributed by atoms with Crippen molar-refractivity contribution in [3.05, 3.63) is 41.5 Å². The van der Waals surface area contributed by atoms with Gasteiger partial charge in [-0.05, 0) is 44.4 Å². The van der Waals surface area contributed by atoms with E-state index in [2.05, 4.69) is 47.6 Å². The Morgan fingerprint density at radius 2 is 2.16 bits per heavy atom. The molecule has 0 radical (unpaired) electrons. The van der Waals surface area contributed by atoms with Gasteiger partial charge in [-0.2, -0.15) is 0 Å². The molecule has 1 aliphatic rings. The molecule has 1 amide bonds. The summed E-state index contributed by atoms with van der Waals surface area (Å²) in [6, 6.07) is 10.2. The van der Waals surface area contributed by atoms with Crippen LogP contribution < -0.4 is 5.32 Å². The Balaban J connectivity index is 1.51. The van der Waals surface area contributed by atoms with Gasteiger partial charge in [-0.25, -0.2) is 0 Å². The fourth-order valence-corrected chi connectivity index (χ4v) is 3.51. The van der Waals surface area contributed by atoms with Crippen LogP contribution in [0, 0.1) is 13.8 Å². The zero-order valence-corrected chi connectivity index (χ0v) is 15.4. The summed E-state index contributed by atoms with van der Waals surface area (Å²) in [5.41, 5.74) is 4.35. The predicted molar refractivity (Wildman–Crippen MR) is 99.6 cm³/mol. The van der Waals surface area contributed by atoms with E-state index in [9.17, 15) is 4.79 Å². The maximum Gasteiger partial charge on any atom is 0.230 e. The van der Waals surface area contributed by atoms with Crippen molar-refractivity contribution in [3.8, 4) is 11.3 Å². The summed E-state index contributed by atoms with van der Waals surface area (Å²) in [6.45, 7) is 5.55. The van der Waals surface area contributed by atoms with E-state index in [1.807, 2.05) is 12.1 Å². The lowest BCUT2D eigenvalue weighted by molar-refractivity contribution is -0.119. The highest BCUT2D eigenvalue weighted by atomic mass is 32.2. The smallest absolute Gasteiger partial charge is 0.230 e. The van der Waals surface area contributed by atoms with E-state index >= 15 is 0 Å². The highest BCUT2D eigenvalue weighted by Crippen LogP contribution is 2.23. The number of aromatic nitrogens is 2. The average Bonchev–Trinajstić information content (AvgIpc) is 3.12. The Labute approximate surface area is 152 Å². The molecule has 2 heterocycles. The van der Waals surface area contributed by atoms with Crippen molar-refractivity contribution in [3.63, 3.8) is 0 Å². The first-order valence-electron chi connectivity index (χ1n) is 8.54. The summed E-state index contributed by atoms with van der Waals surface area (Å²) in [6.07, 6.45) is 2.28. The Hall–Kier alpha value is -1.92. The SMILES string of the molecule is Cc1ccc(-c2ccc(SCC(=O)NCC3CCCO3)nn2)c(C)c1. The number of carbonyl (C=O) groups is 1. The number of nitrogens with zero attached hydrogens (tertiary/aromatic N) is 2. The van der Waals surface area contributed by atoms with E-state index in [0.717, 1.165) is 35.7 Å².